The molecule has 2 N–H and O–H groups in total. The molecule has 0 unspecified atom stereocenters. The summed E-state index contributed by atoms with van der Waals surface area (Å²) in [6, 6.07) is 13.3. The molecule has 3 amide bonds. The van der Waals surface area contributed by atoms with E-state index < -0.39 is 6.03 Å². The van der Waals surface area contributed by atoms with Crippen LogP contribution in [0.1, 0.15) is 37.9 Å². The van der Waals surface area contributed by atoms with E-state index in [1.807, 2.05) is 18.2 Å². The van der Waals surface area contributed by atoms with Gasteiger partial charge in [-0.15, -0.1) is 0 Å². The van der Waals surface area contributed by atoms with Crippen LogP contribution in [-0.2, 0) is 11.2 Å². The fraction of sp³-hybridized carbons (Fsp3) is 0.250. The van der Waals surface area contributed by atoms with Gasteiger partial charge < -0.3 is 10.1 Å². The normalized spacial score (nSPS) is 13.0. The fourth-order valence-corrected chi connectivity index (χ4v) is 5.92. The Bertz CT molecular complexity index is 1840. The zero-order valence-corrected chi connectivity index (χ0v) is 25.8. The second kappa shape index (κ2) is 12.8. The Labute approximate surface area is 263 Å². The lowest BCUT2D eigenvalue weighted by molar-refractivity contribution is -0.117. The van der Waals surface area contributed by atoms with Crippen molar-refractivity contribution in [1.29, 1.82) is 0 Å². The van der Waals surface area contributed by atoms with Gasteiger partial charge in [0, 0.05) is 25.2 Å². The molecule has 6 rings (SSSR count). The van der Waals surface area contributed by atoms with Gasteiger partial charge in [0.05, 0.1) is 34.3 Å². The molecule has 1 saturated heterocycles. The van der Waals surface area contributed by atoms with Gasteiger partial charge in [-0.05, 0) is 79.3 Å². The fourth-order valence-electron chi connectivity index (χ4n) is 4.96. The molecule has 4 heterocycles. The van der Waals surface area contributed by atoms with Gasteiger partial charge in [0.25, 0.3) is 0 Å². The van der Waals surface area contributed by atoms with Crippen molar-refractivity contribution in [2.45, 2.75) is 40.0 Å². The third kappa shape index (κ3) is 6.99. The summed E-state index contributed by atoms with van der Waals surface area (Å²) >= 11 is 1.48. The summed E-state index contributed by atoms with van der Waals surface area (Å²) in [5.74, 6) is 1.12. The smallest absolute Gasteiger partial charge is 0.324 e. The third-order valence-electron chi connectivity index (χ3n) is 7.04. The predicted molar refractivity (Wildman–Crippen MR) is 171 cm³/mol. The van der Waals surface area contributed by atoms with Crippen molar-refractivity contribution in [3.63, 3.8) is 0 Å². The number of hydrogen-bond acceptors (Lipinski definition) is 8. The van der Waals surface area contributed by atoms with E-state index in [0.717, 1.165) is 22.6 Å². The number of urea groups is 1. The monoisotopic (exact) mass is 626 g/mol. The number of thiazole rings is 1. The Balaban J connectivity index is 1.08. The minimum absolute atomic E-state index is 0.113. The van der Waals surface area contributed by atoms with Gasteiger partial charge >= 0.3 is 12.0 Å². The van der Waals surface area contributed by atoms with Crippen molar-refractivity contribution in [1.82, 2.24) is 24.7 Å². The highest BCUT2D eigenvalue weighted by Gasteiger charge is 2.24. The zero-order valence-electron chi connectivity index (χ0n) is 25.0. The number of carbonyl (C=O) groups is 2. The van der Waals surface area contributed by atoms with Gasteiger partial charge in [-0.2, -0.15) is 5.10 Å². The van der Waals surface area contributed by atoms with E-state index in [4.69, 9.17) is 4.74 Å². The van der Waals surface area contributed by atoms with Crippen molar-refractivity contribution in [2.75, 3.05) is 22.1 Å². The lowest BCUT2D eigenvalue weighted by Gasteiger charge is -2.12. The first kappa shape index (κ1) is 29.9. The number of halogens is 1. The summed E-state index contributed by atoms with van der Waals surface area (Å²) in [5.41, 5.74) is 3.46. The Hall–Kier alpha value is -5.17. The number of benzene rings is 2. The first-order valence-electron chi connectivity index (χ1n) is 14.5. The summed E-state index contributed by atoms with van der Waals surface area (Å²) in [6.45, 7) is 6.67. The number of nitrogens with zero attached hydrogens (tertiary/aromatic N) is 6. The maximum absolute atomic E-state index is 13.7. The highest BCUT2D eigenvalue weighted by atomic mass is 32.1. The molecule has 1 aliphatic rings. The van der Waals surface area contributed by atoms with Crippen molar-refractivity contribution in [3.05, 3.63) is 84.2 Å². The van der Waals surface area contributed by atoms with Gasteiger partial charge in [-0.25, -0.2) is 28.8 Å². The molecule has 0 radical (unpaired) electrons. The molecule has 230 valence electrons. The molecule has 1 aliphatic heterocycles. The largest absolute Gasteiger partial charge is 0.424 e. The number of amides is 3. The molecule has 13 heteroatoms. The van der Waals surface area contributed by atoms with Crippen LogP contribution in [-0.4, -0.2) is 43.2 Å². The average Bonchev–Trinajstić information content (AvgIpc) is 3.74. The average molecular weight is 627 g/mol. The van der Waals surface area contributed by atoms with E-state index in [-0.39, 0.29) is 17.7 Å². The molecule has 11 nitrogen and oxygen atoms in total. The van der Waals surface area contributed by atoms with E-state index in [1.165, 1.54) is 35.9 Å². The molecule has 5 aromatic rings. The van der Waals surface area contributed by atoms with Gasteiger partial charge in [0.15, 0.2) is 5.13 Å². The Morgan fingerprint density at radius 2 is 1.82 bits per heavy atom. The van der Waals surface area contributed by atoms with Crippen molar-refractivity contribution < 1.29 is 18.7 Å². The lowest BCUT2D eigenvalue weighted by Crippen LogP contribution is -2.23. The first-order chi connectivity index (χ1) is 21.7. The van der Waals surface area contributed by atoms with Crippen LogP contribution in [0.3, 0.4) is 0 Å². The Morgan fingerprint density at radius 1 is 1.04 bits per heavy atom. The predicted octanol–water partition coefficient (Wildman–Crippen LogP) is 6.99. The van der Waals surface area contributed by atoms with Gasteiger partial charge in [-0.3, -0.25) is 15.0 Å². The number of ether oxygens (including phenoxy) is 1. The number of rotatable bonds is 9. The number of carbonyl (C=O) groups excluding carboxylic acids is 2. The molecule has 0 spiro atoms. The quantitative estimate of drug-likeness (QED) is 0.180. The molecule has 2 aromatic carbocycles. The van der Waals surface area contributed by atoms with Crippen LogP contribution in [0.15, 0.2) is 67.1 Å². The second-order valence-electron chi connectivity index (χ2n) is 11.1. The van der Waals surface area contributed by atoms with Gasteiger partial charge in [0.1, 0.15) is 17.4 Å². The highest BCUT2D eigenvalue weighted by molar-refractivity contribution is 7.19. The minimum atomic E-state index is -0.514. The Kier molecular flexibility index (Phi) is 8.52. The van der Waals surface area contributed by atoms with E-state index in [1.54, 1.807) is 40.9 Å². The second-order valence-corrected chi connectivity index (χ2v) is 12.1. The van der Waals surface area contributed by atoms with Crippen LogP contribution < -0.4 is 20.3 Å². The molecule has 1 fully saturated rings. The molecule has 45 heavy (non-hydrogen) atoms. The molecular formula is C32H31FN8O3S. The number of nitrogens with one attached hydrogen (secondary N) is 2. The van der Waals surface area contributed by atoms with Crippen LogP contribution in [0.2, 0.25) is 0 Å². The van der Waals surface area contributed by atoms with E-state index >= 15 is 0 Å². The molecule has 0 aliphatic carbocycles. The maximum Gasteiger partial charge on any atom is 0.324 e. The van der Waals surface area contributed by atoms with E-state index in [0.29, 0.717) is 58.9 Å². The summed E-state index contributed by atoms with van der Waals surface area (Å²) in [5, 5.41) is 10.9. The molecule has 3 aromatic heterocycles. The maximum atomic E-state index is 13.7. The molecule has 0 atom stereocenters. The number of aryl methyl sites for hydroxylation is 1. The van der Waals surface area contributed by atoms with Crippen LogP contribution in [0.25, 0.3) is 16.1 Å². The first-order valence-corrected chi connectivity index (χ1v) is 15.3. The summed E-state index contributed by atoms with van der Waals surface area (Å²) < 4.78 is 21.1. The van der Waals surface area contributed by atoms with Crippen molar-refractivity contribution in [2.24, 2.45) is 5.92 Å². The van der Waals surface area contributed by atoms with Crippen molar-refractivity contribution >= 4 is 39.9 Å². The Morgan fingerprint density at radius 3 is 2.51 bits per heavy atom. The number of hydrogen-bond donors (Lipinski definition) is 2. The van der Waals surface area contributed by atoms with Crippen LogP contribution in [0.5, 0.6) is 11.8 Å². The number of aromatic nitrogens is 5. The summed E-state index contributed by atoms with van der Waals surface area (Å²) in [4.78, 5) is 40.5. The molecule has 0 bridgehead atoms. The van der Waals surface area contributed by atoms with E-state index in [2.05, 4.69) is 44.5 Å². The van der Waals surface area contributed by atoms with E-state index in [9.17, 15) is 14.0 Å². The third-order valence-corrected chi connectivity index (χ3v) is 8.11. The zero-order chi connectivity index (χ0) is 31.5. The molecule has 0 saturated carbocycles. The molecular weight excluding hydrogens is 595 g/mol. The van der Waals surface area contributed by atoms with Crippen LogP contribution in [0.4, 0.5) is 25.8 Å². The summed E-state index contributed by atoms with van der Waals surface area (Å²) in [6.07, 6.45) is 6.80. The van der Waals surface area contributed by atoms with Crippen molar-refractivity contribution in [3.8, 4) is 27.9 Å². The van der Waals surface area contributed by atoms with Gasteiger partial charge in [-0.1, -0.05) is 25.2 Å². The number of anilines is 3. The SMILES string of the molecule is Cc1cc(F)ccc1-n1nc(CC(C)C)cc1NC(=O)Nc1cnc(Oc2ccc(-c3cnc(N4CCCC4=O)s3)cc2)nc1. The standard InChI is InChI=1S/C32H31FN8O3S/c1-19(2)13-23-15-28(41(39-23)26-11-8-22(33)14-20(26)3)38-30(43)37-24-16-34-31(35-17-24)44-25-9-6-21(7-10-25)27-18-36-32(45-27)40-12-4-5-29(40)42/h6-11,14-19H,4-5,12-13H2,1-3H3,(H2,37,38,43). The van der Waals surface area contributed by atoms with Crippen LogP contribution >= 0.6 is 11.3 Å². The minimum Gasteiger partial charge on any atom is -0.424 e. The lowest BCUT2D eigenvalue weighted by atomic mass is 10.1. The highest BCUT2D eigenvalue weighted by Crippen LogP contribution is 2.34. The topological polar surface area (TPSA) is 127 Å². The summed E-state index contributed by atoms with van der Waals surface area (Å²) in [7, 11) is 0. The van der Waals surface area contributed by atoms with Gasteiger partial charge in [0.2, 0.25) is 5.91 Å². The van der Waals surface area contributed by atoms with Crippen LogP contribution in [0, 0.1) is 18.7 Å².